The van der Waals surface area contributed by atoms with Crippen LogP contribution in [0, 0.1) is 12.7 Å². The summed E-state index contributed by atoms with van der Waals surface area (Å²) < 4.78 is 13.9. The molecule has 0 fully saturated rings. The number of benzene rings is 2. The molecular weight excluding hydrogens is 354 g/mol. The van der Waals surface area contributed by atoms with Crippen LogP contribution in [0.2, 0.25) is 10.0 Å². The molecule has 1 aliphatic heterocycles. The first-order valence-corrected chi connectivity index (χ1v) is 7.95. The maximum absolute atomic E-state index is 13.9. The Labute approximate surface area is 148 Å². The van der Waals surface area contributed by atoms with Gasteiger partial charge in [0.25, 0.3) is 5.91 Å². The van der Waals surface area contributed by atoms with Crippen LogP contribution in [0.4, 0.5) is 10.1 Å². The topological polar surface area (TPSA) is 50.7 Å². The second-order valence-electron chi connectivity index (χ2n) is 5.38. The number of halogens is 3. The van der Waals surface area contributed by atoms with Gasteiger partial charge < -0.3 is 10.2 Å². The predicted octanol–water partition coefficient (Wildman–Crippen LogP) is 4.57. The molecule has 0 saturated carbocycles. The molecule has 1 unspecified atom stereocenters. The maximum atomic E-state index is 13.9. The highest BCUT2D eigenvalue weighted by atomic mass is 35.5. The Morgan fingerprint density at radius 1 is 1.33 bits per heavy atom. The fourth-order valence-electron chi connectivity index (χ4n) is 2.38. The molecule has 4 nitrogen and oxygen atoms in total. The van der Waals surface area contributed by atoms with Gasteiger partial charge in [-0.3, -0.25) is 4.79 Å². The van der Waals surface area contributed by atoms with E-state index in [1.807, 2.05) is 6.92 Å². The van der Waals surface area contributed by atoms with Gasteiger partial charge in [0.15, 0.2) is 0 Å². The lowest BCUT2D eigenvalue weighted by molar-refractivity contribution is -0.125. The average Bonchev–Trinajstić information content (AvgIpc) is 3.00. The molecule has 1 N–H and O–H groups in total. The van der Waals surface area contributed by atoms with E-state index < -0.39 is 11.9 Å². The van der Waals surface area contributed by atoms with Crippen LogP contribution in [-0.2, 0) is 9.63 Å². The minimum absolute atomic E-state index is 0.131. The molecule has 0 bridgehead atoms. The van der Waals surface area contributed by atoms with Crippen LogP contribution >= 0.6 is 23.2 Å². The molecule has 0 saturated heterocycles. The van der Waals surface area contributed by atoms with Crippen LogP contribution in [0.25, 0.3) is 0 Å². The standard InChI is InChI=1S/C17H13Cl2FN2O2/c1-9-5-6-10(18)7-13(9)21-17(23)15-8-14(22-24-15)16-11(19)3-2-4-12(16)20/h2-7,15H,8H2,1H3,(H,21,23). The molecule has 0 spiro atoms. The highest BCUT2D eigenvalue weighted by Crippen LogP contribution is 2.26. The lowest BCUT2D eigenvalue weighted by Crippen LogP contribution is -2.28. The SMILES string of the molecule is Cc1ccc(Cl)cc1NC(=O)C1CC(c2c(F)cccc2Cl)=NO1. The fourth-order valence-corrected chi connectivity index (χ4v) is 2.83. The van der Waals surface area contributed by atoms with Crippen molar-refractivity contribution in [2.24, 2.45) is 5.16 Å². The minimum atomic E-state index is -0.853. The Hall–Kier alpha value is -2.11. The van der Waals surface area contributed by atoms with Gasteiger partial charge in [-0.2, -0.15) is 0 Å². The van der Waals surface area contributed by atoms with Crippen LogP contribution in [0.3, 0.4) is 0 Å². The first kappa shape index (κ1) is 16.7. The molecule has 1 amide bonds. The number of nitrogens with one attached hydrogen (secondary N) is 1. The molecule has 24 heavy (non-hydrogen) atoms. The Morgan fingerprint density at radius 2 is 2.12 bits per heavy atom. The Morgan fingerprint density at radius 3 is 2.88 bits per heavy atom. The molecule has 0 aliphatic carbocycles. The van der Waals surface area contributed by atoms with Gasteiger partial charge in [-0.15, -0.1) is 0 Å². The van der Waals surface area contributed by atoms with E-state index in [2.05, 4.69) is 10.5 Å². The first-order valence-electron chi connectivity index (χ1n) is 7.20. The fraction of sp³-hybridized carbons (Fsp3) is 0.176. The maximum Gasteiger partial charge on any atom is 0.268 e. The van der Waals surface area contributed by atoms with Crippen molar-refractivity contribution < 1.29 is 14.0 Å². The summed E-state index contributed by atoms with van der Waals surface area (Å²) >= 11 is 11.9. The summed E-state index contributed by atoms with van der Waals surface area (Å²) in [6, 6.07) is 9.54. The first-order chi connectivity index (χ1) is 11.5. The highest BCUT2D eigenvalue weighted by molar-refractivity contribution is 6.34. The van der Waals surface area contributed by atoms with Crippen LogP contribution in [0.1, 0.15) is 17.5 Å². The van der Waals surface area contributed by atoms with Gasteiger partial charge in [-0.1, -0.05) is 40.5 Å². The van der Waals surface area contributed by atoms with Crippen molar-refractivity contribution in [3.63, 3.8) is 0 Å². The molecular formula is C17H13Cl2FN2O2. The third-order valence-corrected chi connectivity index (χ3v) is 4.22. The molecule has 0 aromatic heterocycles. The van der Waals surface area contributed by atoms with E-state index in [0.717, 1.165) is 5.56 Å². The molecule has 2 aromatic rings. The molecule has 7 heteroatoms. The van der Waals surface area contributed by atoms with E-state index in [9.17, 15) is 9.18 Å². The summed E-state index contributed by atoms with van der Waals surface area (Å²) in [5, 5.41) is 7.30. The lowest BCUT2D eigenvalue weighted by atomic mass is 10.0. The van der Waals surface area contributed by atoms with E-state index in [1.54, 1.807) is 24.3 Å². The zero-order chi connectivity index (χ0) is 17.3. The van der Waals surface area contributed by atoms with Gasteiger partial charge in [-0.05, 0) is 36.8 Å². The van der Waals surface area contributed by atoms with Crippen LogP contribution in [-0.4, -0.2) is 17.7 Å². The highest BCUT2D eigenvalue weighted by Gasteiger charge is 2.31. The number of oxime groups is 1. The third kappa shape index (κ3) is 3.37. The number of rotatable bonds is 3. The van der Waals surface area contributed by atoms with Crippen molar-refractivity contribution in [2.75, 3.05) is 5.32 Å². The van der Waals surface area contributed by atoms with E-state index in [4.69, 9.17) is 28.0 Å². The summed E-state index contributed by atoms with van der Waals surface area (Å²) in [5.74, 6) is -0.886. The Bertz CT molecular complexity index is 819. The number of hydrogen-bond donors (Lipinski definition) is 1. The Kier molecular flexibility index (Phi) is 4.73. The van der Waals surface area contributed by atoms with Gasteiger partial charge in [0.2, 0.25) is 6.10 Å². The third-order valence-electron chi connectivity index (χ3n) is 3.67. The van der Waals surface area contributed by atoms with Gasteiger partial charge in [0.05, 0.1) is 16.3 Å². The number of carbonyl (C=O) groups is 1. The molecule has 3 rings (SSSR count). The average molecular weight is 367 g/mol. The normalized spacial score (nSPS) is 16.5. The summed E-state index contributed by atoms with van der Waals surface area (Å²) in [4.78, 5) is 17.5. The van der Waals surface area contributed by atoms with E-state index in [-0.39, 0.29) is 22.9 Å². The second-order valence-corrected chi connectivity index (χ2v) is 6.22. The van der Waals surface area contributed by atoms with Crippen LogP contribution < -0.4 is 5.32 Å². The minimum Gasteiger partial charge on any atom is -0.382 e. The van der Waals surface area contributed by atoms with E-state index in [0.29, 0.717) is 16.4 Å². The molecule has 0 radical (unpaired) electrons. The smallest absolute Gasteiger partial charge is 0.268 e. The van der Waals surface area contributed by atoms with Crippen molar-refractivity contribution in [1.29, 1.82) is 0 Å². The van der Waals surface area contributed by atoms with Gasteiger partial charge in [-0.25, -0.2) is 4.39 Å². The monoisotopic (exact) mass is 366 g/mol. The number of hydrogen-bond acceptors (Lipinski definition) is 3. The van der Waals surface area contributed by atoms with E-state index >= 15 is 0 Å². The summed E-state index contributed by atoms with van der Waals surface area (Å²) in [6.07, 6.45) is -0.722. The lowest BCUT2D eigenvalue weighted by Gasteiger charge is -2.12. The second kappa shape index (κ2) is 6.79. The van der Waals surface area contributed by atoms with Crippen molar-refractivity contribution in [3.8, 4) is 0 Å². The summed E-state index contributed by atoms with van der Waals surface area (Å²) in [7, 11) is 0. The number of anilines is 1. The number of aryl methyl sites for hydroxylation is 1. The molecule has 1 heterocycles. The van der Waals surface area contributed by atoms with Crippen molar-refractivity contribution in [3.05, 3.63) is 63.4 Å². The molecule has 2 aromatic carbocycles. The zero-order valence-corrected chi connectivity index (χ0v) is 14.2. The summed E-state index contributed by atoms with van der Waals surface area (Å²) in [5.41, 5.74) is 1.92. The van der Waals surface area contributed by atoms with Crippen molar-refractivity contribution in [2.45, 2.75) is 19.4 Å². The predicted molar refractivity (Wildman–Crippen MR) is 92.3 cm³/mol. The van der Waals surface area contributed by atoms with E-state index in [1.165, 1.54) is 12.1 Å². The van der Waals surface area contributed by atoms with Gasteiger partial charge in [0, 0.05) is 17.1 Å². The number of carbonyl (C=O) groups excluding carboxylic acids is 1. The zero-order valence-electron chi connectivity index (χ0n) is 12.6. The summed E-state index contributed by atoms with van der Waals surface area (Å²) in [6.45, 7) is 1.85. The van der Waals surface area contributed by atoms with Crippen molar-refractivity contribution in [1.82, 2.24) is 0 Å². The number of nitrogens with zero attached hydrogens (tertiary/aromatic N) is 1. The van der Waals surface area contributed by atoms with Crippen LogP contribution in [0.5, 0.6) is 0 Å². The van der Waals surface area contributed by atoms with Gasteiger partial charge >= 0.3 is 0 Å². The largest absolute Gasteiger partial charge is 0.382 e. The van der Waals surface area contributed by atoms with Crippen LogP contribution in [0.15, 0.2) is 41.6 Å². The molecule has 1 atom stereocenters. The van der Waals surface area contributed by atoms with Gasteiger partial charge in [0.1, 0.15) is 5.82 Å². The quantitative estimate of drug-likeness (QED) is 0.864. The Balaban J connectivity index is 1.73. The van der Waals surface area contributed by atoms with Crippen molar-refractivity contribution >= 4 is 40.5 Å². The molecule has 1 aliphatic rings. The molecule has 124 valence electrons. The number of amides is 1.